The van der Waals surface area contributed by atoms with Gasteiger partial charge in [0.1, 0.15) is 17.3 Å². The van der Waals surface area contributed by atoms with Gasteiger partial charge in [-0.3, -0.25) is 4.79 Å². The van der Waals surface area contributed by atoms with Crippen LogP contribution in [-0.4, -0.2) is 12.9 Å². The van der Waals surface area contributed by atoms with Crippen molar-refractivity contribution in [2.45, 2.75) is 27.7 Å². The maximum absolute atomic E-state index is 11.6. The highest BCUT2D eigenvalue weighted by molar-refractivity contribution is 5.81. The fraction of sp³-hybridized carbons (Fsp3) is 0.429. The van der Waals surface area contributed by atoms with Crippen molar-refractivity contribution in [3.8, 4) is 5.75 Å². The molecule has 0 aliphatic rings. The summed E-state index contributed by atoms with van der Waals surface area (Å²) >= 11 is 0. The van der Waals surface area contributed by atoms with Crippen molar-refractivity contribution in [1.82, 2.24) is 0 Å². The van der Waals surface area contributed by atoms with Crippen LogP contribution in [0.4, 0.5) is 0 Å². The van der Waals surface area contributed by atoms with Gasteiger partial charge in [-0.05, 0) is 26.3 Å². The molecule has 0 N–H and O–H groups in total. The molecule has 98 valence electrons. The van der Waals surface area contributed by atoms with Crippen LogP contribution in [0, 0.1) is 12.8 Å². The second-order valence-electron chi connectivity index (χ2n) is 4.34. The topological polar surface area (TPSA) is 56.5 Å². The second-order valence-corrected chi connectivity index (χ2v) is 4.34. The van der Waals surface area contributed by atoms with Crippen LogP contribution in [-0.2, 0) is 4.79 Å². The number of rotatable bonds is 4. The Kier molecular flexibility index (Phi) is 4.48. The summed E-state index contributed by atoms with van der Waals surface area (Å²) in [6.07, 6.45) is 1.77. The molecule has 4 heteroatoms. The van der Waals surface area contributed by atoms with E-state index in [1.807, 2.05) is 0 Å². The summed E-state index contributed by atoms with van der Waals surface area (Å²) < 4.78 is 10.3. The van der Waals surface area contributed by atoms with E-state index in [2.05, 4.69) is 0 Å². The van der Waals surface area contributed by atoms with Crippen LogP contribution in [0.15, 0.2) is 21.4 Å². The van der Waals surface area contributed by atoms with Crippen molar-refractivity contribution in [3.63, 3.8) is 0 Å². The van der Waals surface area contributed by atoms with Gasteiger partial charge < -0.3 is 9.15 Å². The molecule has 1 atom stereocenters. The molecule has 0 aliphatic carbocycles. The van der Waals surface area contributed by atoms with Gasteiger partial charge in [-0.2, -0.15) is 0 Å². The molecule has 1 rings (SSSR count). The molecule has 0 amide bonds. The van der Waals surface area contributed by atoms with Crippen molar-refractivity contribution in [3.05, 3.63) is 33.9 Å². The minimum absolute atomic E-state index is 0.0655. The van der Waals surface area contributed by atoms with Gasteiger partial charge >= 0.3 is 5.63 Å². The lowest BCUT2D eigenvalue weighted by Gasteiger charge is -2.07. The van der Waals surface area contributed by atoms with Gasteiger partial charge in [0.2, 0.25) is 0 Å². The van der Waals surface area contributed by atoms with Gasteiger partial charge in [-0.1, -0.05) is 13.0 Å². The molecule has 0 bridgehead atoms. The molecule has 1 heterocycles. The van der Waals surface area contributed by atoms with Gasteiger partial charge in [0.25, 0.3) is 0 Å². The minimum Gasteiger partial charge on any atom is -0.496 e. The molecular weight excluding hydrogens is 232 g/mol. The van der Waals surface area contributed by atoms with E-state index in [1.165, 1.54) is 14.0 Å². The number of hydrogen-bond donors (Lipinski definition) is 0. The number of ketones is 1. The Morgan fingerprint density at radius 2 is 2.06 bits per heavy atom. The maximum Gasteiger partial charge on any atom is 0.342 e. The lowest BCUT2D eigenvalue weighted by Crippen LogP contribution is -2.08. The van der Waals surface area contributed by atoms with Crippen LogP contribution < -0.4 is 10.4 Å². The zero-order chi connectivity index (χ0) is 13.9. The molecule has 0 aliphatic heterocycles. The first kappa shape index (κ1) is 14.2. The number of carbonyl (C=O) groups is 1. The SMILES string of the molecule is COc1cc(/C(C)=C/C(C)C(C)=O)oc(=O)c1C. The van der Waals surface area contributed by atoms with Crippen molar-refractivity contribution >= 4 is 11.4 Å². The summed E-state index contributed by atoms with van der Waals surface area (Å²) in [6.45, 7) is 6.77. The number of carbonyl (C=O) groups excluding carboxylic acids is 1. The third kappa shape index (κ3) is 3.09. The predicted molar refractivity (Wildman–Crippen MR) is 69.8 cm³/mol. The number of allylic oxidation sites excluding steroid dienone is 2. The van der Waals surface area contributed by atoms with E-state index in [1.54, 1.807) is 32.9 Å². The van der Waals surface area contributed by atoms with E-state index < -0.39 is 5.63 Å². The Morgan fingerprint density at radius 1 is 1.44 bits per heavy atom. The lowest BCUT2D eigenvalue weighted by molar-refractivity contribution is -0.118. The fourth-order valence-corrected chi connectivity index (χ4v) is 1.51. The lowest BCUT2D eigenvalue weighted by atomic mass is 10.0. The zero-order valence-electron chi connectivity index (χ0n) is 11.4. The molecule has 1 unspecified atom stereocenters. The molecular formula is C14H18O4. The summed E-state index contributed by atoms with van der Waals surface area (Å²) in [6, 6.07) is 1.66. The van der Waals surface area contributed by atoms with Crippen molar-refractivity contribution in [2.75, 3.05) is 7.11 Å². The summed E-state index contributed by atoms with van der Waals surface area (Å²) in [5.74, 6) is 0.776. The summed E-state index contributed by atoms with van der Waals surface area (Å²) in [7, 11) is 1.50. The first-order valence-corrected chi connectivity index (χ1v) is 5.74. The molecule has 4 nitrogen and oxygen atoms in total. The van der Waals surface area contributed by atoms with Crippen molar-refractivity contribution in [1.29, 1.82) is 0 Å². The average molecular weight is 250 g/mol. The Bertz CT molecular complexity index is 537. The summed E-state index contributed by atoms with van der Waals surface area (Å²) in [5.41, 5.74) is 0.759. The van der Waals surface area contributed by atoms with Gasteiger partial charge in [0.15, 0.2) is 0 Å². The highest BCUT2D eigenvalue weighted by Gasteiger charge is 2.11. The predicted octanol–water partition coefficient (Wildman–Crippen LogP) is 2.59. The Labute approximate surface area is 106 Å². The van der Waals surface area contributed by atoms with E-state index in [-0.39, 0.29) is 11.7 Å². The quantitative estimate of drug-likeness (QED) is 0.824. The van der Waals surface area contributed by atoms with Crippen LogP contribution in [0.3, 0.4) is 0 Å². The molecule has 18 heavy (non-hydrogen) atoms. The van der Waals surface area contributed by atoms with E-state index in [0.717, 1.165) is 5.57 Å². The standard InChI is InChI=1S/C14H18O4/c1-8(11(4)15)6-9(2)12-7-13(17-5)10(3)14(16)18-12/h6-8H,1-5H3/b9-6+. The fourth-order valence-electron chi connectivity index (χ4n) is 1.51. The molecule has 1 aromatic heterocycles. The average Bonchev–Trinajstić information content (AvgIpc) is 2.32. The molecule has 0 fully saturated rings. The first-order chi connectivity index (χ1) is 8.36. The molecule has 0 spiro atoms. The van der Waals surface area contributed by atoms with Crippen LogP contribution in [0.2, 0.25) is 0 Å². The van der Waals surface area contributed by atoms with Crippen molar-refractivity contribution in [2.24, 2.45) is 5.92 Å². The monoisotopic (exact) mass is 250 g/mol. The normalized spacial score (nSPS) is 13.3. The largest absolute Gasteiger partial charge is 0.496 e. The van der Waals surface area contributed by atoms with Gasteiger partial charge in [0.05, 0.1) is 12.7 Å². The molecule has 0 radical (unpaired) electrons. The van der Waals surface area contributed by atoms with E-state index in [0.29, 0.717) is 17.1 Å². The molecule has 1 aromatic rings. The second kappa shape index (κ2) is 5.67. The first-order valence-electron chi connectivity index (χ1n) is 5.74. The van der Waals surface area contributed by atoms with E-state index in [4.69, 9.17) is 9.15 Å². The number of hydrogen-bond acceptors (Lipinski definition) is 4. The smallest absolute Gasteiger partial charge is 0.342 e. The van der Waals surface area contributed by atoms with Gasteiger partial charge in [-0.25, -0.2) is 4.79 Å². The van der Waals surface area contributed by atoms with Crippen LogP contribution in [0.5, 0.6) is 5.75 Å². The van der Waals surface area contributed by atoms with E-state index >= 15 is 0 Å². The summed E-state index contributed by atoms with van der Waals surface area (Å²) in [5, 5.41) is 0. The number of Topliss-reactive ketones (excluding diaryl/α,β-unsaturated/α-hetero) is 1. The van der Waals surface area contributed by atoms with E-state index in [9.17, 15) is 9.59 Å². The van der Waals surface area contributed by atoms with Gasteiger partial charge in [-0.15, -0.1) is 0 Å². The number of methoxy groups -OCH3 is 1. The third-order valence-electron chi connectivity index (χ3n) is 2.89. The van der Waals surface area contributed by atoms with Crippen LogP contribution in [0.25, 0.3) is 5.57 Å². The Balaban J connectivity index is 3.22. The Morgan fingerprint density at radius 3 is 2.56 bits per heavy atom. The zero-order valence-corrected chi connectivity index (χ0v) is 11.4. The van der Waals surface area contributed by atoms with Crippen molar-refractivity contribution < 1.29 is 13.9 Å². The highest BCUT2D eigenvalue weighted by Crippen LogP contribution is 2.22. The molecule has 0 saturated carbocycles. The molecule has 0 saturated heterocycles. The number of ether oxygens (including phenoxy) is 1. The summed E-state index contributed by atoms with van der Waals surface area (Å²) in [4.78, 5) is 22.8. The van der Waals surface area contributed by atoms with Crippen LogP contribution in [0.1, 0.15) is 32.1 Å². The maximum atomic E-state index is 11.6. The molecule has 0 aromatic carbocycles. The minimum atomic E-state index is -0.424. The third-order valence-corrected chi connectivity index (χ3v) is 2.89. The van der Waals surface area contributed by atoms with Gasteiger partial charge in [0, 0.05) is 12.0 Å². The Hall–Kier alpha value is -1.84. The van der Waals surface area contributed by atoms with Crippen LogP contribution >= 0.6 is 0 Å². The highest BCUT2D eigenvalue weighted by atomic mass is 16.5.